The molecule has 0 aliphatic carbocycles. The highest BCUT2D eigenvalue weighted by Crippen LogP contribution is 2.29. The van der Waals surface area contributed by atoms with Gasteiger partial charge in [-0.2, -0.15) is 4.98 Å². The summed E-state index contributed by atoms with van der Waals surface area (Å²) in [7, 11) is 0. The molecule has 156 valence electrons. The summed E-state index contributed by atoms with van der Waals surface area (Å²) in [6.45, 7) is 9.59. The van der Waals surface area contributed by atoms with Gasteiger partial charge in [0.2, 0.25) is 11.8 Å². The van der Waals surface area contributed by atoms with E-state index in [1.54, 1.807) is 23.4 Å². The first-order chi connectivity index (χ1) is 14.5. The lowest BCUT2D eigenvalue weighted by atomic mass is 10.3. The first-order valence-corrected chi connectivity index (χ1v) is 10.1. The number of likely N-dealkylation sites (tertiary alicyclic amines) is 1. The molecule has 1 fully saturated rings. The third-order valence-electron chi connectivity index (χ3n) is 5.00. The standard InChI is InChI=1S/C21H25N7O2/c1-5-28-19(15-9-22-14(4)23-10-15)26-18-20(28)24-12-25-21(18)30-16-6-7-27(11-16)17(29)8-13(2)3/h8-10,12,16H,5-7,11H2,1-4H3/t16-/m0/s1. The first-order valence-electron chi connectivity index (χ1n) is 10.1. The van der Waals surface area contributed by atoms with Gasteiger partial charge in [-0.25, -0.2) is 19.9 Å². The molecule has 9 nitrogen and oxygen atoms in total. The number of nitrogens with zero attached hydrogens (tertiary/aromatic N) is 7. The predicted molar refractivity (Wildman–Crippen MR) is 112 cm³/mol. The topological polar surface area (TPSA) is 98.9 Å². The number of fused-ring (bicyclic) bond motifs is 1. The highest BCUT2D eigenvalue weighted by Gasteiger charge is 2.28. The molecule has 1 atom stereocenters. The van der Waals surface area contributed by atoms with E-state index in [2.05, 4.69) is 19.9 Å². The summed E-state index contributed by atoms with van der Waals surface area (Å²) in [5.41, 5.74) is 3.10. The predicted octanol–water partition coefficient (Wildman–Crippen LogP) is 2.56. The molecule has 0 spiro atoms. The minimum atomic E-state index is -0.129. The quantitative estimate of drug-likeness (QED) is 0.599. The highest BCUT2D eigenvalue weighted by molar-refractivity contribution is 5.88. The number of rotatable bonds is 5. The summed E-state index contributed by atoms with van der Waals surface area (Å²) >= 11 is 0. The van der Waals surface area contributed by atoms with Crippen molar-refractivity contribution in [2.45, 2.75) is 46.8 Å². The molecule has 4 rings (SSSR count). The molecule has 1 aliphatic heterocycles. The second-order valence-electron chi connectivity index (χ2n) is 7.58. The molecule has 0 N–H and O–H groups in total. The van der Waals surface area contributed by atoms with Crippen LogP contribution in [0.1, 0.15) is 33.0 Å². The van der Waals surface area contributed by atoms with Gasteiger partial charge in [0, 0.05) is 38.0 Å². The van der Waals surface area contributed by atoms with Crippen molar-refractivity contribution in [3.05, 3.63) is 36.2 Å². The van der Waals surface area contributed by atoms with Crippen LogP contribution < -0.4 is 4.74 Å². The summed E-state index contributed by atoms with van der Waals surface area (Å²) in [5.74, 6) is 1.88. The summed E-state index contributed by atoms with van der Waals surface area (Å²) in [5, 5.41) is 0. The Morgan fingerprint density at radius 3 is 2.70 bits per heavy atom. The lowest BCUT2D eigenvalue weighted by molar-refractivity contribution is -0.125. The molecule has 9 heteroatoms. The van der Waals surface area contributed by atoms with Crippen molar-refractivity contribution in [1.29, 1.82) is 0 Å². The van der Waals surface area contributed by atoms with E-state index >= 15 is 0 Å². The second kappa shape index (κ2) is 8.17. The molecule has 0 saturated carbocycles. The van der Waals surface area contributed by atoms with E-state index in [-0.39, 0.29) is 12.0 Å². The number of imidazole rings is 1. The SMILES string of the molecule is CCn1c(-c2cnc(C)nc2)nc2c(O[C@H]3CCN(C(=O)C=C(C)C)C3)ncnc21. The van der Waals surface area contributed by atoms with Gasteiger partial charge in [-0.15, -0.1) is 0 Å². The van der Waals surface area contributed by atoms with E-state index in [1.807, 2.05) is 32.3 Å². The van der Waals surface area contributed by atoms with Crippen LogP contribution in [-0.4, -0.2) is 59.5 Å². The Bertz CT molecular complexity index is 1100. The number of aromatic nitrogens is 6. The number of carbonyl (C=O) groups is 1. The molecule has 0 radical (unpaired) electrons. The van der Waals surface area contributed by atoms with Gasteiger partial charge in [0.15, 0.2) is 11.2 Å². The van der Waals surface area contributed by atoms with Gasteiger partial charge in [0.05, 0.1) is 12.1 Å². The molecule has 3 aromatic rings. The van der Waals surface area contributed by atoms with Gasteiger partial charge in [-0.05, 0) is 27.7 Å². The maximum absolute atomic E-state index is 12.3. The monoisotopic (exact) mass is 407 g/mol. The van der Waals surface area contributed by atoms with Gasteiger partial charge >= 0.3 is 0 Å². The molecule has 30 heavy (non-hydrogen) atoms. The Balaban J connectivity index is 1.62. The van der Waals surface area contributed by atoms with Crippen molar-refractivity contribution >= 4 is 17.1 Å². The largest absolute Gasteiger partial charge is 0.471 e. The van der Waals surface area contributed by atoms with Gasteiger partial charge in [0.1, 0.15) is 24.1 Å². The molecule has 4 heterocycles. The Morgan fingerprint density at radius 1 is 1.23 bits per heavy atom. The Morgan fingerprint density at radius 2 is 2.00 bits per heavy atom. The Labute approximate surface area is 174 Å². The second-order valence-corrected chi connectivity index (χ2v) is 7.58. The number of allylic oxidation sites excluding steroid dienone is 1. The summed E-state index contributed by atoms with van der Waals surface area (Å²) in [4.78, 5) is 36.1. The number of hydrogen-bond donors (Lipinski definition) is 0. The molecule has 0 aromatic carbocycles. The van der Waals surface area contributed by atoms with Crippen LogP contribution in [0.2, 0.25) is 0 Å². The fourth-order valence-electron chi connectivity index (χ4n) is 3.55. The van der Waals surface area contributed by atoms with Crippen LogP contribution in [0, 0.1) is 6.92 Å². The van der Waals surface area contributed by atoms with Crippen LogP contribution in [0.4, 0.5) is 0 Å². The Kier molecular flexibility index (Phi) is 5.43. The van der Waals surface area contributed by atoms with Crippen molar-refractivity contribution in [3.8, 4) is 17.3 Å². The first kappa shape index (κ1) is 19.9. The lowest BCUT2D eigenvalue weighted by Gasteiger charge is -2.15. The summed E-state index contributed by atoms with van der Waals surface area (Å²) < 4.78 is 8.17. The van der Waals surface area contributed by atoms with E-state index in [9.17, 15) is 4.79 Å². The molecular formula is C21H25N7O2. The molecule has 1 saturated heterocycles. The van der Waals surface area contributed by atoms with E-state index in [4.69, 9.17) is 9.72 Å². The summed E-state index contributed by atoms with van der Waals surface area (Å²) in [6.07, 6.45) is 7.28. The molecule has 1 aliphatic rings. The lowest BCUT2D eigenvalue weighted by Crippen LogP contribution is -2.29. The van der Waals surface area contributed by atoms with Gasteiger partial charge in [-0.3, -0.25) is 4.79 Å². The molecule has 3 aromatic heterocycles. The molecular weight excluding hydrogens is 382 g/mol. The summed E-state index contributed by atoms with van der Waals surface area (Å²) in [6, 6.07) is 0. The van der Waals surface area contributed by atoms with E-state index < -0.39 is 0 Å². The third-order valence-corrected chi connectivity index (χ3v) is 5.00. The molecule has 0 bridgehead atoms. The van der Waals surface area contributed by atoms with Gasteiger partial charge in [0.25, 0.3) is 0 Å². The van der Waals surface area contributed by atoms with E-state index in [1.165, 1.54) is 6.33 Å². The average Bonchev–Trinajstić information content (AvgIpc) is 3.33. The van der Waals surface area contributed by atoms with Crippen molar-refractivity contribution in [3.63, 3.8) is 0 Å². The third kappa shape index (κ3) is 3.87. The fraction of sp³-hybridized carbons (Fsp3) is 0.429. The zero-order valence-corrected chi connectivity index (χ0v) is 17.7. The molecule has 1 amide bonds. The number of carbonyl (C=O) groups excluding carboxylic acids is 1. The minimum Gasteiger partial charge on any atom is -0.471 e. The zero-order valence-electron chi connectivity index (χ0n) is 17.7. The van der Waals surface area contributed by atoms with Crippen LogP contribution in [0.5, 0.6) is 5.88 Å². The number of amides is 1. The maximum atomic E-state index is 12.3. The van der Waals surface area contributed by atoms with E-state index in [0.29, 0.717) is 42.5 Å². The van der Waals surface area contributed by atoms with Crippen LogP contribution in [0.25, 0.3) is 22.6 Å². The smallest absolute Gasteiger partial charge is 0.246 e. The van der Waals surface area contributed by atoms with Crippen LogP contribution in [0.3, 0.4) is 0 Å². The zero-order chi connectivity index (χ0) is 21.3. The fourth-order valence-corrected chi connectivity index (χ4v) is 3.55. The maximum Gasteiger partial charge on any atom is 0.246 e. The number of ether oxygens (including phenoxy) is 1. The number of hydrogen-bond acceptors (Lipinski definition) is 7. The normalized spacial score (nSPS) is 16.1. The van der Waals surface area contributed by atoms with Crippen molar-refractivity contribution in [2.24, 2.45) is 0 Å². The van der Waals surface area contributed by atoms with E-state index in [0.717, 1.165) is 23.4 Å². The molecule has 0 unspecified atom stereocenters. The number of aryl methyl sites for hydroxylation is 2. The Hall–Kier alpha value is -3.36. The van der Waals surface area contributed by atoms with Crippen LogP contribution in [0.15, 0.2) is 30.4 Å². The van der Waals surface area contributed by atoms with Crippen molar-refractivity contribution in [1.82, 2.24) is 34.4 Å². The van der Waals surface area contributed by atoms with Crippen LogP contribution in [-0.2, 0) is 11.3 Å². The van der Waals surface area contributed by atoms with Crippen molar-refractivity contribution < 1.29 is 9.53 Å². The van der Waals surface area contributed by atoms with Crippen molar-refractivity contribution in [2.75, 3.05) is 13.1 Å². The van der Waals surface area contributed by atoms with Gasteiger partial charge < -0.3 is 14.2 Å². The average molecular weight is 407 g/mol. The van der Waals surface area contributed by atoms with Gasteiger partial charge in [-0.1, -0.05) is 5.57 Å². The highest BCUT2D eigenvalue weighted by atomic mass is 16.5. The van der Waals surface area contributed by atoms with Crippen LogP contribution >= 0.6 is 0 Å². The minimum absolute atomic E-state index is 0.0193.